The van der Waals surface area contributed by atoms with E-state index in [2.05, 4.69) is 6.92 Å². The van der Waals surface area contributed by atoms with Crippen molar-refractivity contribution in [2.45, 2.75) is 64.0 Å². The molecule has 0 saturated heterocycles. The summed E-state index contributed by atoms with van der Waals surface area (Å²) in [4.78, 5) is 11.7. The van der Waals surface area contributed by atoms with E-state index in [1.54, 1.807) is 0 Å². The molecule has 0 bridgehead atoms. The molecule has 0 aromatic carbocycles. The molecule has 0 aromatic rings. The van der Waals surface area contributed by atoms with Crippen molar-refractivity contribution >= 4 is 5.78 Å². The summed E-state index contributed by atoms with van der Waals surface area (Å²) in [6, 6.07) is 0. The lowest BCUT2D eigenvalue weighted by Gasteiger charge is -2.54. The molecule has 3 fully saturated rings. The largest absolute Gasteiger partial charge is 0.376 e. The summed E-state index contributed by atoms with van der Waals surface area (Å²) in [5.41, 5.74) is 6.60. The number of allylic oxidation sites excluding steroid dienone is 1. The van der Waals surface area contributed by atoms with E-state index < -0.39 is 5.72 Å². The molecule has 1 unspecified atom stereocenters. The van der Waals surface area contributed by atoms with Crippen LogP contribution >= 0.6 is 0 Å². The quantitative estimate of drug-likeness (QED) is 0.674. The lowest BCUT2D eigenvalue weighted by molar-refractivity contribution is -0.119. The molecule has 4 aliphatic carbocycles. The van der Waals surface area contributed by atoms with Gasteiger partial charge in [-0.3, -0.25) is 4.79 Å². The molecule has 0 amide bonds. The highest BCUT2D eigenvalue weighted by Gasteiger charge is 2.60. The van der Waals surface area contributed by atoms with Gasteiger partial charge in [0.25, 0.3) is 0 Å². The highest BCUT2D eigenvalue weighted by atomic mass is 16.3. The Bertz CT molecular complexity index is 509. The Morgan fingerprint density at radius 3 is 2.76 bits per heavy atom. The lowest BCUT2D eigenvalue weighted by atomic mass is 9.51. The third-order valence-electron chi connectivity index (χ3n) is 7.52. The zero-order chi connectivity index (χ0) is 14.8. The van der Waals surface area contributed by atoms with Gasteiger partial charge >= 0.3 is 0 Å². The summed E-state index contributed by atoms with van der Waals surface area (Å²) in [5, 5.41) is 10.6. The molecule has 4 aliphatic rings. The highest BCUT2D eigenvalue weighted by molar-refractivity contribution is 5.91. The van der Waals surface area contributed by atoms with Gasteiger partial charge < -0.3 is 10.8 Å². The van der Waals surface area contributed by atoms with Crippen LogP contribution in [0.1, 0.15) is 58.3 Å². The van der Waals surface area contributed by atoms with Crippen molar-refractivity contribution in [3.63, 3.8) is 0 Å². The molecule has 116 valence electrons. The van der Waals surface area contributed by atoms with Crippen molar-refractivity contribution in [2.24, 2.45) is 34.8 Å². The molecule has 0 heterocycles. The Balaban J connectivity index is 1.64. The van der Waals surface area contributed by atoms with Gasteiger partial charge in [-0.05, 0) is 74.7 Å². The predicted molar refractivity (Wildman–Crippen MR) is 81.2 cm³/mol. The summed E-state index contributed by atoms with van der Waals surface area (Å²) < 4.78 is 0. The topological polar surface area (TPSA) is 63.3 Å². The zero-order valence-corrected chi connectivity index (χ0v) is 13.0. The van der Waals surface area contributed by atoms with Gasteiger partial charge in [-0.15, -0.1) is 0 Å². The fourth-order valence-electron chi connectivity index (χ4n) is 6.23. The van der Waals surface area contributed by atoms with Crippen LogP contribution in [0.25, 0.3) is 0 Å². The van der Waals surface area contributed by atoms with E-state index in [9.17, 15) is 9.90 Å². The summed E-state index contributed by atoms with van der Waals surface area (Å²) in [7, 11) is 0. The zero-order valence-electron chi connectivity index (χ0n) is 13.0. The minimum atomic E-state index is -0.971. The van der Waals surface area contributed by atoms with Crippen molar-refractivity contribution in [2.75, 3.05) is 0 Å². The average molecular weight is 289 g/mol. The number of hydrogen-bond acceptors (Lipinski definition) is 3. The second-order valence-corrected chi connectivity index (χ2v) is 8.22. The molecule has 3 saturated carbocycles. The first-order valence-corrected chi connectivity index (χ1v) is 8.67. The Kier molecular flexibility index (Phi) is 2.94. The Morgan fingerprint density at radius 1 is 1.14 bits per heavy atom. The number of fused-ring (bicyclic) bond motifs is 5. The van der Waals surface area contributed by atoms with Crippen LogP contribution in [0.4, 0.5) is 0 Å². The van der Waals surface area contributed by atoms with Crippen LogP contribution in [0, 0.1) is 29.1 Å². The standard InChI is InChI=1S/C18H27NO2/c1-17-8-6-14-13-5-3-12(20)10-11(13)2-4-15(14)16(17)7-9-18(17,19)21/h10,13-16,21H,2-9,19H2,1H3/t13?,14-,15-,16+,17+,18+/m1/s1. The van der Waals surface area contributed by atoms with Gasteiger partial charge in [0.2, 0.25) is 0 Å². The van der Waals surface area contributed by atoms with Gasteiger partial charge in [0.15, 0.2) is 5.78 Å². The third kappa shape index (κ3) is 1.83. The maximum atomic E-state index is 11.7. The SMILES string of the molecule is C[C@]12CC[C@@H]3C4CCC(=O)C=C4CC[C@H]3[C@@H]1CC[C@]2(N)O. The van der Waals surface area contributed by atoms with Crippen LogP contribution in [0.5, 0.6) is 0 Å². The van der Waals surface area contributed by atoms with E-state index in [-0.39, 0.29) is 5.41 Å². The van der Waals surface area contributed by atoms with Crippen LogP contribution in [-0.2, 0) is 4.79 Å². The average Bonchev–Trinajstić information content (AvgIpc) is 2.69. The Hall–Kier alpha value is -0.670. The summed E-state index contributed by atoms with van der Waals surface area (Å²) >= 11 is 0. The maximum Gasteiger partial charge on any atom is 0.155 e. The molecule has 6 atom stereocenters. The van der Waals surface area contributed by atoms with Gasteiger partial charge in [0.05, 0.1) is 0 Å². The first-order chi connectivity index (χ1) is 9.92. The van der Waals surface area contributed by atoms with Crippen LogP contribution in [-0.4, -0.2) is 16.6 Å². The fourth-order valence-corrected chi connectivity index (χ4v) is 6.23. The van der Waals surface area contributed by atoms with Crippen LogP contribution < -0.4 is 5.73 Å². The molecule has 0 aromatic heterocycles. The Labute approximate surface area is 127 Å². The second kappa shape index (κ2) is 4.42. The van der Waals surface area contributed by atoms with Crippen LogP contribution in [0.2, 0.25) is 0 Å². The molecule has 4 rings (SSSR count). The number of carbonyl (C=O) groups is 1. The number of aliphatic hydroxyl groups is 1. The summed E-state index contributed by atoms with van der Waals surface area (Å²) in [5.74, 6) is 2.97. The van der Waals surface area contributed by atoms with Crippen LogP contribution in [0.3, 0.4) is 0 Å². The molecule has 0 aliphatic heterocycles. The van der Waals surface area contributed by atoms with Crippen molar-refractivity contribution < 1.29 is 9.90 Å². The second-order valence-electron chi connectivity index (χ2n) is 8.22. The number of nitrogens with two attached hydrogens (primary N) is 1. The van der Waals surface area contributed by atoms with E-state index in [0.29, 0.717) is 23.5 Å². The van der Waals surface area contributed by atoms with E-state index in [1.807, 2.05) is 6.08 Å². The van der Waals surface area contributed by atoms with Gasteiger partial charge in [-0.2, -0.15) is 0 Å². The molecular weight excluding hydrogens is 262 g/mol. The molecule has 0 spiro atoms. The number of rotatable bonds is 0. The molecule has 3 nitrogen and oxygen atoms in total. The minimum Gasteiger partial charge on any atom is -0.376 e. The van der Waals surface area contributed by atoms with Crippen molar-refractivity contribution in [1.29, 1.82) is 0 Å². The maximum absolute atomic E-state index is 11.7. The highest BCUT2D eigenvalue weighted by Crippen LogP contribution is 2.63. The molecule has 21 heavy (non-hydrogen) atoms. The normalized spacial score (nSPS) is 52.7. The van der Waals surface area contributed by atoms with Crippen molar-refractivity contribution in [3.8, 4) is 0 Å². The first kappa shape index (κ1) is 14.0. The number of carbonyl (C=O) groups excluding carboxylic acids is 1. The summed E-state index contributed by atoms with van der Waals surface area (Å²) in [6.45, 7) is 2.22. The lowest BCUT2D eigenvalue weighted by Crippen LogP contribution is -2.57. The smallest absolute Gasteiger partial charge is 0.155 e. The first-order valence-electron chi connectivity index (χ1n) is 8.67. The Morgan fingerprint density at radius 2 is 1.95 bits per heavy atom. The van der Waals surface area contributed by atoms with Gasteiger partial charge in [-0.1, -0.05) is 12.5 Å². The van der Waals surface area contributed by atoms with Gasteiger partial charge in [0.1, 0.15) is 5.72 Å². The van der Waals surface area contributed by atoms with Gasteiger partial charge in [-0.25, -0.2) is 0 Å². The number of hydrogen-bond donors (Lipinski definition) is 2. The van der Waals surface area contributed by atoms with Gasteiger partial charge in [0, 0.05) is 11.8 Å². The molecular formula is C18H27NO2. The van der Waals surface area contributed by atoms with Crippen LogP contribution in [0.15, 0.2) is 11.6 Å². The third-order valence-corrected chi connectivity index (χ3v) is 7.52. The van der Waals surface area contributed by atoms with Crippen molar-refractivity contribution in [1.82, 2.24) is 0 Å². The molecule has 3 heteroatoms. The molecule has 0 radical (unpaired) electrons. The van der Waals surface area contributed by atoms with E-state index >= 15 is 0 Å². The predicted octanol–water partition coefficient (Wildman–Crippen LogP) is 2.78. The fraction of sp³-hybridized carbons (Fsp3) is 0.833. The van der Waals surface area contributed by atoms with E-state index in [0.717, 1.165) is 44.4 Å². The molecule has 3 N–H and O–H groups in total. The minimum absolute atomic E-state index is 0.0974. The van der Waals surface area contributed by atoms with Crippen molar-refractivity contribution in [3.05, 3.63) is 11.6 Å². The van der Waals surface area contributed by atoms with E-state index in [1.165, 1.54) is 18.4 Å². The summed E-state index contributed by atoms with van der Waals surface area (Å²) in [6.07, 6.45) is 10.1. The number of ketones is 1. The van der Waals surface area contributed by atoms with E-state index in [4.69, 9.17) is 5.73 Å². The monoisotopic (exact) mass is 289 g/mol.